The lowest BCUT2D eigenvalue weighted by Gasteiger charge is -2.32. The molecule has 1 unspecified atom stereocenters. The van der Waals surface area contributed by atoms with E-state index in [0.29, 0.717) is 30.2 Å². The minimum Gasteiger partial charge on any atom is -0.352 e. The Morgan fingerprint density at radius 2 is 1.81 bits per heavy atom. The zero-order chi connectivity index (χ0) is 22.9. The molecule has 2 aromatic rings. The fourth-order valence-corrected chi connectivity index (χ4v) is 5.16. The van der Waals surface area contributed by atoms with Crippen LogP contribution in [-0.2, 0) is 16.1 Å². The lowest BCUT2D eigenvalue weighted by atomic mass is 10.1. The SMILES string of the molecule is CCC(C(=O)NC1CCCC1)N(Cc1ccccc1C)C(=O)CCSc1ccc(Cl)cc1. The molecular weight excluding hydrogens is 440 g/mol. The average Bonchev–Trinajstić information content (AvgIpc) is 3.29. The summed E-state index contributed by atoms with van der Waals surface area (Å²) in [4.78, 5) is 29.4. The number of amides is 2. The summed E-state index contributed by atoms with van der Waals surface area (Å²) in [6, 6.07) is 15.5. The van der Waals surface area contributed by atoms with Gasteiger partial charge in [-0.1, -0.05) is 55.6 Å². The van der Waals surface area contributed by atoms with Crippen molar-refractivity contribution in [2.24, 2.45) is 0 Å². The third-order valence-electron chi connectivity index (χ3n) is 6.09. The standard InChI is InChI=1S/C26H33ClN2O2S/c1-3-24(26(31)28-22-10-6-7-11-22)29(18-20-9-5-4-8-19(20)2)25(30)16-17-32-23-14-12-21(27)13-15-23/h4-5,8-9,12-15,22,24H,3,6-7,10-11,16-18H2,1-2H3,(H,28,31). The highest BCUT2D eigenvalue weighted by atomic mass is 35.5. The van der Waals surface area contributed by atoms with E-state index in [2.05, 4.69) is 5.32 Å². The monoisotopic (exact) mass is 472 g/mol. The number of rotatable bonds is 10. The quantitative estimate of drug-likeness (QED) is 0.431. The van der Waals surface area contributed by atoms with Gasteiger partial charge in [-0.25, -0.2) is 0 Å². The van der Waals surface area contributed by atoms with Gasteiger partial charge in [0.25, 0.3) is 0 Å². The Morgan fingerprint density at radius 3 is 2.47 bits per heavy atom. The van der Waals surface area contributed by atoms with Crippen LogP contribution in [0.3, 0.4) is 0 Å². The molecule has 1 atom stereocenters. The maximum atomic E-state index is 13.4. The van der Waals surface area contributed by atoms with Crippen LogP contribution in [0.1, 0.15) is 56.6 Å². The number of hydrogen-bond donors (Lipinski definition) is 1. The molecule has 32 heavy (non-hydrogen) atoms. The van der Waals surface area contributed by atoms with Gasteiger partial charge in [0.05, 0.1) is 0 Å². The van der Waals surface area contributed by atoms with Crippen molar-refractivity contribution in [1.29, 1.82) is 0 Å². The minimum atomic E-state index is -0.455. The van der Waals surface area contributed by atoms with Gasteiger partial charge < -0.3 is 10.2 Å². The smallest absolute Gasteiger partial charge is 0.243 e. The van der Waals surface area contributed by atoms with Crippen molar-refractivity contribution < 1.29 is 9.59 Å². The molecule has 3 rings (SSSR count). The molecule has 4 nitrogen and oxygen atoms in total. The Morgan fingerprint density at radius 1 is 1.12 bits per heavy atom. The van der Waals surface area contributed by atoms with E-state index in [1.807, 2.05) is 62.4 Å². The maximum absolute atomic E-state index is 13.4. The lowest BCUT2D eigenvalue weighted by Crippen LogP contribution is -2.51. The van der Waals surface area contributed by atoms with Crippen molar-refractivity contribution in [3.05, 3.63) is 64.7 Å². The molecule has 2 aromatic carbocycles. The second kappa shape index (κ2) is 12.3. The zero-order valence-corrected chi connectivity index (χ0v) is 20.6. The van der Waals surface area contributed by atoms with Crippen LogP contribution >= 0.6 is 23.4 Å². The summed E-state index contributed by atoms with van der Waals surface area (Å²) in [5.74, 6) is 0.653. The van der Waals surface area contributed by atoms with Crippen LogP contribution in [0.15, 0.2) is 53.4 Å². The van der Waals surface area contributed by atoms with Gasteiger partial charge in [-0.2, -0.15) is 0 Å². The van der Waals surface area contributed by atoms with Crippen molar-refractivity contribution in [3.63, 3.8) is 0 Å². The molecule has 1 N–H and O–H groups in total. The van der Waals surface area contributed by atoms with Crippen molar-refractivity contribution in [2.75, 3.05) is 5.75 Å². The number of thioether (sulfide) groups is 1. The molecular formula is C26H33ClN2O2S. The minimum absolute atomic E-state index is 0.0168. The Labute approximate surface area is 201 Å². The highest BCUT2D eigenvalue weighted by Gasteiger charge is 2.30. The molecule has 172 valence electrons. The molecule has 0 spiro atoms. The highest BCUT2D eigenvalue weighted by Crippen LogP contribution is 2.23. The molecule has 0 bridgehead atoms. The van der Waals surface area contributed by atoms with Crippen molar-refractivity contribution in [1.82, 2.24) is 10.2 Å². The van der Waals surface area contributed by atoms with Crippen LogP contribution < -0.4 is 5.32 Å². The molecule has 6 heteroatoms. The number of nitrogens with zero attached hydrogens (tertiary/aromatic N) is 1. The number of nitrogens with one attached hydrogen (secondary N) is 1. The largest absolute Gasteiger partial charge is 0.352 e. The molecule has 0 heterocycles. The lowest BCUT2D eigenvalue weighted by molar-refractivity contribution is -0.141. The normalized spacial score (nSPS) is 14.8. The topological polar surface area (TPSA) is 49.4 Å². The molecule has 1 fully saturated rings. The van der Waals surface area contributed by atoms with Gasteiger partial charge in [0.1, 0.15) is 6.04 Å². The molecule has 0 saturated heterocycles. The summed E-state index contributed by atoms with van der Waals surface area (Å²) in [6.45, 7) is 4.49. The van der Waals surface area contributed by atoms with Crippen LogP contribution in [0.5, 0.6) is 0 Å². The van der Waals surface area contributed by atoms with Gasteiger partial charge in [0.2, 0.25) is 11.8 Å². The molecule has 2 amide bonds. The zero-order valence-electron chi connectivity index (χ0n) is 19.0. The summed E-state index contributed by atoms with van der Waals surface area (Å²) in [6.07, 6.45) is 5.37. The van der Waals surface area contributed by atoms with E-state index < -0.39 is 6.04 Å². The average molecular weight is 473 g/mol. The number of benzene rings is 2. The van der Waals surface area contributed by atoms with Gasteiger partial charge in [-0.3, -0.25) is 9.59 Å². The van der Waals surface area contributed by atoms with Crippen LogP contribution in [-0.4, -0.2) is 34.6 Å². The van der Waals surface area contributed by atoms with E-state index in [0.717, 1.165) is 41.7 Å². The van der Waals surface area contributed by atoms with Gasteiger partial charge >= 0.3 is 0 Å². The first kappa shape index (κ1) is 24.7. The van der Waals surface area contributed by atoms with Crippen LogP contribution in [0.4, 0.5) is 0 Å². The second-order valence-corrected chi connectivity index (χ2v) is 10.0. The van der Waals surface area contributed by atoms with Crippen molar-refractivity contribution in [3.8, 4) is 0 Å². The van der Waals surface area contributed by atoms with E-state index in [4.69, 9.17) is 11.6 Å². The fourth-order valence-electron chi connectivity index (χ4n) is 4.19. The van der Waals surface area contributed by atoms with Gasteiger partial charge in [-0.05, 0) is 61.6 Å². The van der Waals surface area contributed by atoms with Gasteiger partial charge in [-0.15, -0.1) is 11.8 Å². The molecule has 1 saturated carbocycles. The first-order valence-electron chi connectivity index (χ1n) is 11.5. The van der Waals surface area contributed by atoms with Crippen LogP contribution in [0.25, 0.3) is 0 Å². The van der Waals surface area contributed by atoms with Gasteiger partial charge in [0, 0.05) is 34.7 Å². The molecule has 0 aliphatic heterocycles. The summed E-state index contributed by atoms with van der Waals surface area (Å²) in [5.41, 5.74) is 2.21. The summed E-state index contributed by atoms with van der Waals surface area (Å²) in [5, 5.41) is 3.90. The molecule has 1 aliphatic carbocycles. The second-order valence-electron chi connectivity index (χ2n) is 8.41. The number of aryl methyl sites for hydroxylation is 1. The number of halogens is 1. The third-order valence-corrected chi connectivity index (χ3v) is 7.35. The Balaban J connectivity index is 1.70. The molecule has 1 aliphatic rings. The first-order chi connectivity index (χ1) is 15.5. The van der Waals surface area contributed by atoms with Gasteiger partial charge in [0.15, 0.2) is 0 Å². The number of carbonyl (C=O) groups is 2. The predicted octanol–water partition coefficient (Wildman–Crippen LogP) is 6.00. The van der Waals surface area contributed by atoms with E-state index >= 15 is 0 Å². The number of carbonyl (C=O) groups excluding carboxylic acids is 2. The third kappa shape index (κ3) is 7.01. The predicted molar refractivity (Wildman–Crippen MR) is 133 cm³/mol. The number of hydrogen-bond acceptors (Lipinski definition) is 3. The Hall–Kier alpha value is -1.98. The maximum Gasteiger partial charge on any atom is 0.243 e. The first-order valence-corrected chi connectivity index (χ1v) is 12.9. The highest BCUT2D eigenvalue weighted by molar-refractivity contribution is 7.99. The Kier molecular flexibility index (Phi) is 9.49. The Bertz CT molecular complexity index is 897. The summed E-state index contributed by atoms with van der Waals surface area (Å²) >= 11 is 7.59. The van der Waals surface area contributed by atoms with Crippen LogP contribution in [0.2, 0.25) is 5.02 Å². The van der Waals surface area contributed by atoms with E-state index in [1.165, 1.54) is 0 Å². The van der Waals surface area contributed by atoms with E-state index in [1.54, 1.807) is 16.7 Å². The van der Waals surface area contributed by atoms with Crippen molar-refractivity contribution in [2.45, 2.75) is 75.9 Å². The fraction of sp³-hybridized carbons (Fsp3) is 0.462. The van der Waals surface area contributed by atoms with Crippen molar-refractivity contribution >= 4 is 35.2 Å². The molecule has 0 aromatic heterocycles. The molecule has 0 radical (unpaired) electrons. The van der Waals surface area contributed by atoms with E-state index in [9.17, 15) is 9.59 Å². The summed E-state index contributed by atoms with van der Waals surface area (Å²) < 4.78 is 0. The van der Waals surface area contributed by atoms with E-state index in [-0.39, 0.29) is 17.9 Å². The van der Waals surface area contributed by atoms with Crippen LogP contribution in [0, 0.1) is 6.92 Å². The summed E-state index contributed by atoms with van der Waals surface area (Å²) in [7, 11) is 0.